The minimum atomic E-state index is -4.67. The van der Waals surface area contributed by atoms with Gasteiger partial charge in [-0.25, -0.2) is 14.3 Å². The molecule has 0 aliphatic rings. The number of halogens is 3. The molecule has 6 aromatic rings. The number of oxazole rings is 1. The van der Waals surface area contributed by atoms with Crippen LogP contribution in [0.1, 0.15) is 57.6 Å². The van der Waals surface area contributed by atoms with E-state index in [0.717, 1.165) is 22.5 Å². The Morgan fingerprint density at radius 3 is 2.54 bits per heavy atom. The first-order chi connectivity index (χ1) is 23.8. The SMILES string of the molecule is Cc1cc(CN(C)Cc2cnc([C@H](C)NC(=O)c3c(-c4ccnn4-c4ccc(C#N)cc4)n(C)n(-c4cccc(C(F)(F)F)c4)c3=O)o2)no1. The van der Waals surface area contributed by atoms with Crippen LogP contribution in [0, 0.1) is 18.3 Å². The molecule has 0 saturated heterocycles. The summed E-state index contributed by atoms with van der Waals surface area (Å²) in [5.41, 5.74) is -0.233. The van der Waals surface area contributed by atoms with Gasteiger partial charge in [-0.05, 0) is 69.4 Å². The van der Waals surface area contributed by atoms with Crippen molar-refractivity contribution in [3.8, 4) is 28.8 Å². The molecule has 0 saturated carbocycles. The summed E-state index contributed by atoms with van der Waals surface area (Å²) in [6.07, 6.45) is -1.68. The lowest BCUT2D eigenvalue weighted by molar-refractivity contribution is -0.137. The van der Waals surface area contributed by atoms with Crippen LogP contribution in [0.5, 0.6) is 0 Å². The van der Waals surface area contributed by atoms with Crippen molar-refractivity contribution in [1.29, 1.82) is 5.26 Å². The lowest BCUT2D eigenvalue weighted by Gasteiger charge is -2.14. The van der Waals surface area contributed by atoms with Crippen LogP contribution >= 0.6 is 0 Å². The van der Waals surface area contributed by atoms with Gasteiger partial charge < -0.3 is 14.3 Å². The molecule has 0 unspecified atom stereocenters. The lowest BCUT2D eigenvalue weighted by Crippen LogP contribution is -2.32. The van der Waals surface area contributed by atoms with Crippen LogP contribution in [0.4, 0.5) is 13.2 Å². The number of nitrogens with one attached hydrogen (secondary N) is 1. The molecule has 256 valence electrons. The Labute approximate surface area is 282 Å². The molecule has 2 aromatic carbocycles. The van der Waals surface area contributed by atoms with Gasteiger partial charge in [0.25, 0.3) is 11.5 Å². The highest BCUT2D eigenvalue weighted by molar-refractivity contribution is 6.00. The minimum absolute atomic E-state index is 0.0804. The maximum absolute atomic E-state index is 14.1. The smallest absolute Gasteiger partial charge is 0.416 e. The van der Waals surface area contributed by atoms with Gasteiger partial charge in [0.15, 0.2) is 0 Å². The molecule has 0 aliphatic heterocycles. The molecule has 0 bridgehead atoms. The van der Waals surface area contributed by atoms with E-state index in [9.17, 15) is 28.0 Å². The van der Waals surface area contributed by atoms with Crippen molar-refractivity contribution in [2.24, 2.45) is 7.05 Å². The van der Waals surface area contributed by atoms with Crippen molar-refractivity contribution in [3.63, 3.8) is 0 Å². The Balaban J connectivity index is 1.36. The Morgan fingerprint density at radius 2 is 1.86 bits per heavy atom. The number of alkyl halides is 3. The molecule has 1 N–H and O–H groups in total. The van der Waals surface area contributed by atoms with Gasteiger partial charge in [-0.1, -0.05) is 11.2 Å². The molecule has 13 nitrogen and oxygen atoms in total. The number of hydrogen-bond donors (Lipinski definition) is 1. The Bertz CT molecular complexity index is 2270. The molecular weight excluding hydrogens is 655 g/mol. The van der Waals surface area contributed by atoms with E-state index < -0.39 is 29.2 Å². The van der Waals surface area contributed by atoms with Gasteiger partial charge >= 0.3 is 6.18 Å². The van der Waals surface area contributed by atoms with Gasteiger partial charge in [0.1, 0.15) is 28.8 Å². The number of nitrogens with zero attached hydrogens (tertiary/aromatic N) is 8. The fourth-order valence-electron chi connectivity index (χ4n) is 5.59. The molecule has 6 rings (SSSR count). The van der Waals surface area contributed by atoms with Crippen LogP contribution in [0.15, 0.2) is 86.8 Å². The maximum Gasteiger partial charge on any atom is 0.416 e. The Morgan fingerprint density at radius 1 is 1.10 bits per heavy atom. The number of benzene rings is 2. The number of aryl methyl sites for hydroxylation is 1. The van der Waals surface area contributed by atoms with Gasteiger partial charge in [-0.2, -0.15) is 23.5 Å². The highest BCUT2D eigenvalue weighted by Gasteiger charge is 2.33. The summed E-state index contributed by atoms with van der Waals surface area (Å²) < 4.78 is 55.8. The van der Waals surface area contributed by atoms with Crippen LogP contribution in [0.2, 0.25) is 0 Å². The van der Waals surface area contributed by atoms with E-state index in [2.05, 4.69) is 20.6 Å². The molecule has 16 heteroatoms. The average molecular weight is 686 g/mol. The number of carbonyl (C=O) groups excluding carboxylic acids is 1. The zero-order valence-electron chi connectivity index (χ0n) is 27.3. The third kappa shape index (κ3) is 6.71. The fraction of sp³-hybridized carbons (Fsp3) is 0.235. The predicted molar refractivity (Wildman–Crippen MR) is 172 cm³/mol. The third-order valence-electron chi connectivity index (χ3n) is 7.86. The summed E-state index contributed by atoms with van der Waals surface area (Å²) in [4.78, 5) is 34.4. The second kappa shape index (κ2) is 13.4. The first-order valence-electron chi connectivity index (χ1n) is 15.2. The first kappa shape index (κ1) is 33.7. The standard InChI is InChI=1S/C34H30F3N9O4/c1-20-14-24(42-50-20)18-43(3)19-27-17-39-32(49-27)21(2)41-31(47)29-30(28-12-13-40-45(28)25-10-8-22(16-38)9-11-25)44(4)46(33(29)48)26-7-5-6-23(15-26)34(35,36)37/h5-15,17,21H,18-19H2,1-4H3,(H,41,47)/t21-/m0/s1. The van der Waals surface area contributed by atoms with Crippen LogP contribution in [-0.4, -0.2) is 47.1 Å². The van der Waals surface area contributed by atoms with Crippen molar-refractivity contribution in [2.75, 3.05) is 7.05 Å². The lowest BCUT2D eigenvalue weighted by atomic mass is 10.1. The average Bonchev–Trinajstić information content (AvgIpc) is 3.88. The third-order valence-corrected chi connectivity index (χ3v) is 7.86. The van der Waals surface area contributed by atoms with Crippen molar-refractivity contribution in [3.05, 3.63) is 123 Å². The van der Waals surface area contributed by atoms with Gasteiger partial charge in [-0.15, -0.1) is 0 Å². The zero-order chi connectivity index (χ0) is 35.7. The molecular formula is C34H30F3N9O4. The summed E-state index contributed by atoms with van der Waals surface area (Å²) in [6, 6.07) is 15.3. The minimum Gasteiger partial charge on any atom is -0.442 e. The van der Waals surface area contributed by atoms with Gasteiger partial charge in [-0.3, -0.25) is 19.2 Å². The van der Waals surface area contributed by atoms with E-state index in [4.69, 9.17) is 8.94 Å². The monoisotopic (exact) mass is 685 g/mol. The molecule has 4 heterocycles. The normalized spacial score (nSPS) is 12.3. The van der Waals surface area contributed by atoms with Crippen molar-refractivity contribution in [2.45, 2.75) is 39.2 Å². The molecule has 50 heavy (non-hydrogen) atoms. The second-order valence-corrected chi connectivity index (χ2v) is 11.7. The second-order valence-electron chi connectivity index (χ2n) is 11.7. The molecule has 1 atom stereocenters. The summed E-state index contributed by atoms with van der Waals surface area (Å²) in [6.45, 7) is 4.30. The van der Waals surface area contributed by atoms with Crippen LogP contribution in [0.25, 0.3) is 22.8 Å². The number of rotatable bonds is 10. The molecule has 0 spiro atoms. The van der Waals surface area contributed by atoms with E-state index in [1.165, 1.54) is 40.9 Å². The maximum atomic E-state index is 14.1. The van der Waals surface area contributed by atoms with E-state index in [0.29, 0.717) is 41.6 Å². The zero-order valence-corrected chi connectivity index (χ0v) is 27.3. The van der Waals surface area contributed by atoms with E-state index in [1.807, 2.05) is 24.1 Å². The van der Waals surface area contributed by atoms with E-state index in [1.54, 1.807) is 44.2 Å². The number of carbonyl (C=O) groups is 1. The Kier molecular flexibility index (Phi) is 9.00. The van der Waals surface area contributed by atoms with Gasteiger partial charge in [0.2, 0.25) is 5.89 Å². The molecule has 0 radical (unpaired) electrons. The van der Waals surface area contributed by atoms with Crippen LogP contribution in [-0.2, 0) is 26.3 Å². The molecule has 0 fully saturated rings. The van der Waals surface area contributed by atoms with Crippen molar-refractivity contribution < 1.29 is 26.9 Å². The van der Waals surface area contributed by atoms with Gasteiger partial charge in [0.05, 0.1) is 58.9 Å². The van der Waals surface area contributed by atoms with Crippen LogP contribution < -0.4 is 10.9 Å². The van der Waals surface area contributed by atoms with Crippen molar-refractivity contribution >= 4 is 5.91 Å². The quantitative estimate of drug-likeness (QED) is 0.202. The molecule has 0 aliphatic carbocycles. The highest BCUT2D eigenvalue weighted by atomic mass is 19.4. The molecule has 4 aromatic heterocycles. The largest absolute Gasteiger partial charge is 0.442 e. The fourth-order valence-corrected chi connectivity index (χ4v) is 5.59. The topological polar surface area (TPSA) is 153 Å². The Hall–Kier alpha value is -6.21. The predicted octanol–water partition coefficient (Wildman–Crippen LogP) is 5.33. The van der Waals surface area contributed by atoms with E-state index >= 15 is 0 Å². The molecule has 1 amide bonds. The number of hydrogen-bond acceptors (Lipinski definition) is 9. The number of amides is 1. The number of aromatic nitrogens is 6. The summed E-state index contributed by atoms with van der Waals surface area (Å²) in [7, 11) is 3.33. The first-order valence-corrected chi connectivity index (χ1v) is 15.2. The van der Waals surface area contributed by atoms with Gasteiger partial charge in [0, 0.05) is 19.7 Å². The summed E-state index contributed by atoms with van der Waals surface area (Å²) >= 11 is 0. The summed E-state index contributed by atoms with van der Waals surface area (Å²) in [5, 5.41) is 20.4. The number of nitriles is 1. The summed E-state index contributed by atoms with van der Waals surface area (Å²) in [5.74, 6) is 0.575. The highest BCUT2D eigenvalue weighted by Crippen LogP contribution is 2.31. The van der Waals surface area contributed by atoms with E-state index in [-0.39, 0.29) is 22.8 Å². The van der Waals surface area contributed by atoms with Crippen molar-refractivity contribution in [1.82, 2.24) is 39.5 Å². The van der Waals surface area contributed by atoms with Crippen LogP contribution in [0.3, 0.4) is 0 Å².